The Bertz CT molecular complexity index is 292. The van der Waals surface area contributed by atoms with Crippen LogP contribution in [-0.2, 0) is 0 Å². The third-order valence-corrected chi connectivity index (χ3v) is 2.56. The molecule has 0 bridgehead atoms. The fourth-order valence-corrected chi connectivity index (χ4v) is 1.90. The second-order valence-corrected chi connectivity index (χ2v) is 3.68. The van der Waals surface area contributed by atoms with E-state index in [4.69, 9.17) is 23.2 Å². The lowest BCUT2D eigenvalue weighted by Gasteiger charge is -2.02. The average molecular weight is 221 g/mol. The van der Waals surface area contributed by atoms with Crippen LogP contribution in [0.25, 0.3) is 0 Å². The number of rotatable bonds is 1. The molecule has 0 aromatic heterocycles. The van der Waals surface area contributed by atoms with E-state index in [0.29, 0.717) is 15.6 Å². The molecule has 0 saturated heterocycles. The normalized spacial score (nSPS) is 9.92. The third kappa shape index (κ3) is 1.94. The predicted octanol–water partition coefficient (Wildman–Crippen LogP) is 3.50. The summed E-state index contributed by atoms with van der Waals surface area (Å²) < 4.78 is 0. The van der Waals surface area contributed by atoms with Crippen molar-refractivity contribution >= 4 is 40.1 Å². The highest BCUT2D eigenvalue weighted by Gasteiger charge is 2.12. The van der Waals surface area contributed by atoms with Gasteiger partial charge in [-0.25, -0.2) is 0 Å². The molecular weight excluding hydrogens is 215 g/mol. The molecule has 0 unspecified atom stereocenters. The van der Waals surface area contributed by atoms with Crippen LogP contribution in [0.15, 0.2) is 18.2 Å². The maximum absolute atomic E-state index is 11.2. The summed E-state index contributed by atoms with van der Waals surface area (Å²) in [6.07, 6.45) is 1.70. The first-order valence-electron chi connectivity index (χ1n) is 3.19. The van der Waals surface area contributed by atoms with Crippen molar-refractivity contribution in [1.82, 2.24) is 0 Å². The smallest absolute Gasteiger partial charge is 0.222 e. The lowest BCUT2D eigenvalue weighted by atomic mass is 10.2. The Labute approximate surface area is 85.1 Å². The topological polar surface area (TPSA) is 17.1 Å². The molecule has 0 saturated carbocycles. The minimum atomic E-state index is -0.106. The van der Waals surface area contributed by atoms with E-state index in [0.717, 1.165) is 11.8 Å². The molecule has 0 aliphatic heterocycles. The summed E-state index contributed by atoms with van der Waals surface area (Å²) in [5.74, 6) is 0. The first-order chi connectivity index (χ1) is 5.66. The van der Waals surface area contributed by atoms with Crippen molar-refractivity contribution in [1.29, 1.82) is 0 Å². The number of hydrogen-bond donors (Lipinski definition) is 0. The van der Waals surface area contributed by atoms with Gasteiger partial charge in [-0.3, -0.25) is 4.79 Å². The fraction of sp³-hybridized carbons (Fsp3) is 0.125. The predicted molar refractivity (Wildman–Crippen MR) is 54.3 cm³/mol. The molecule has 0 heterocycles. The average Bonchev–Trinajstić information content (AvgIpc) is 2.03. The fourth-order valence-electron chi connectivity index (χ4n) is 0.795. The summed E-state index contributed by atoms with van der Waals surface area (Å²) in [5.41, 5.74) is 0.397. The summed E-state index contributed by atoms with van der Waals surface area (Å²) in [4.78, 5) is 11.2. The summed E-state index contributed by atoms with van der Waals surface area (Å²) in [7, 11) is 0. The Morgan fingerprint density at radius 1 is 1.33 bits per heavy atom. The van der Waals surface area contributed by atoms with Crippen molar-refractivity contribution in [2.24, 2.45) is 0 Å². The largest absolute Gasteiger partial charge is 0.281 e. The molecule has 0 amide bonds. The Kier molecular flexibility index (Phi) is 3.44. The van der Waals surface area contributed by atoms with Crippen molar-refractivity contribution < 1.29 is 4.79 Å². The first kappa shape index (κ1) is 9.90. The molecule has 0 fully saturated rings. The Balaban J connectivity index is 3.21. The minimum absolute atomic E-state index is 0.106. The van der Waals surface area contributed by atoms with Gasteiger partial charge in [0.15, 0.2) is 0 Å². The van der Waals surface area contributed by atoms with Crippen LogP contribution < -0.4 is 0 Å². The van der Waals surface area contributed by atoms with Gasteiger partial charge in [-0.1, -0.05) is 41.0 Å². The first-order valence-corrected chi connectivity index (χ1v) is 5.17. The molecule has 0 spiro atoms. The Morgan fingerprint density at radius 3 is 2.25 bits per heavy atom. The molecule has 1 aromatic carbocycles. The second kappa shape index (κ2) is 4.17. The van der Waals surface area contributed by atoms with Crippen LogP contribution in [0.4, 0.5) is 0 Å². The van der Waals surface area contributed by atoms with Crippen LogP contribution in [0.2, 0.25) is 10.0 Å². The minimum Gasteiger partial charge on any atom is -0.281 e. The van der Waals surface area contributed by atoms with Crippen molar-refractivity contribution in [3.05, 3.63) is 33.8 Å². The van der Waals surface area contributed by atoms with Crippen molar-refractivity contribution in [3.8, 4) is 0 Å². The van der Waals surface area contributed by atoms with Gasteiger partial charge >= 0.3 is 0 Å². The van der Waals surface area contributed by atoms with Gasteiger partial charge in [0.05, 0.1) is 15.6 Å². The molecular formula is C8H6Cl2OS. The monoisotopic (exact) mass is 220 g/mol. The molecule has 12 heavy (non-hydrogen) atoms. The number of carbonyl (C=O) groups is 1. The second-order valence-electron chi connectivity index (χ2n) is 2.09. The highest BCUT2D eigenvalue weighted by Crippen LogP contribution is 2.27. The number of halogens is 2. The highest BCUT2D eigenvalue weighted by molar-refractivity contribution is 8.13. The van der Waals surface area contributed by atoms with E-state index in [9.17, 15) is 4.79 Å². The van der Waals surface area contributed by atoms with Gasteiger partial charge in [0.2, 0.25) is 5.12 Å². The van der Waals surface area contributed by atoms with Crippen molar-refractivity contribution in [2.45, 2.75) is 0 Å². The Morgan fingerprint density at radius 2 is 1.83 bits per heavy atom. The number of hydrogen-bond acceptors (Lipinski definition) is 2. The molecule has 64 valence electrons. The van der Waals surface area contributed by atoms with E-state index in [1.807, 2.05) is 0 Å². The van der Waals surface area contributed by atoms with Gasteiger partial charge in [0.1, 0.15) is 0 Å². The molecule has 1 nitrogen and oxygen atoms in total. The van der Waals surface area contributed by atoms with E-state index in [1.165, 1.54) is 0 Å². The molecule has 1 aromatic rings. The van der Waals surface area contributed by atoms with Crippen LogP contribution in [-0.4, -0.2) is 11.4 Å². The summed E-state index contributed by atoms with van der Waals surface area (Å²) in [6.45, 7) is 0. The van der Waals surface area contributed by atoms with Crippen LogP contribution >= 0.6 is 35.0 Å². The molecule has 0 aliphatic rings. The van der Waals surface area contributed by atoms with E-state index in [-0.39, 0.29) is 5.12 Å². The number of benzene rings is 1. The molecule has 0 radical (unpaired) electrons. The zero-order chi connectivity index (χ0) is 9.14. The molecule has 4 heteroatoms. The molecule has 0 N–H and O–H groups in total. The number of thioether (sulfide) groups is 1. The zero-order valence-electron chi connectivity index (χ0n) is 6.30. The standard InChI is InChI=1S/C8H6Cl2OS/c1-12-8(11)7-5(9)3-2-4-6(7)10/h2-4H,1H3. The van der Waals surface area contributed by atoms with E-state index < -0.39 is 0 Å². The zero-order valence-corrected chi connectivity index (χ0v) is 8.63. The van der Waals surface area contributed by atoms with Crippen molar-refractivity contribution in [2.75, 3.05) is 6.26 Å². The van der Waals surface area contributed by atoms with Gasteiger partial charge in [-0.05, 0) is 18.4 Å². The van der Waals surface area contributed by atoms with Gasteiger partial charge in [-0.2, -0.15) is 0 Å². The van der Waals surface area contributed by atoms with E-state index in [2.05, 4.69) is 0 Å². The molecule has 1 rings (SSSR count). The SMILES string of the molecule is CSC(=O)c1c(Cl)cccc1Cl. The van der Waals surface area contributed by atoms with Gasteiger partial charge in [0.25, 0.3) is 0 Å². The Hall–Kier alpha value is -0.180. The molecule has 0 aliphatic carbocycles. The van der Waals surface area contributed by atoms with Crippen LogP contribution in [0, 0.1) is 0 Å². The van der Waals surface area contributed by atoms with Crippen LogP contribution in [0.3, 0.4) is 0 Å². The van der Waals surface area contributed by atoms with Gasteiger partial charge < -0.3 is 0 Å². The quantitative estimate of drug-likeness (QED) is 0.721. The van der Waals surface area contributed by atoms with Gasteiger partial charge in [-0.15, -0.1) is 0 Å². The van der Waals surface area contributed by atoms with Crippen LogP contribution in [0.1, 0.15) is 10.4 Å². The van der Waals surface area contributed by atoms with Crippen molar-refractivity contribution in [3.63, 3.8) is 0 Å². The maximum Gasteiger partial charge on any atom is 0.222 e. The summed E-state index contributed by atoms with van der Waals surface area (Å²) >= 11 is 12.7. The van der Waals surface area contributed by atoms with Crippen LogP contribution in [0.5, 0.6) is 0 Å². The third-order valence-electron chi connectivity index (χ3n) is 1.35. The van der Waals surface area contributed by atoms with E-state index in [1.54, 1.807) is 24.5 Å². The lowest BCUT2D eigenvalue weighted by molar-refractivity contribution is 0.108. The molecule has 0 atom stereocenters. The number of carbonyl (C=O) groups excluding carboxylic acids is 1. The summed E-state index contributed by atoms with van der Waals surface area (Å²) in [6, 6.07) is 5.01. The summed E-state index contributed by atoms with van der Waals surface area (Å²) in [5, 5.41) is 0.703. The lowest BCUT2D eigenvalue weighted by Crippen LogP contribution is -1.94. The maximum atomic E-state index is 11.2. The van der Waals surface area contributed by atoms with Gasteiger partial charge in [0, 0.05) is 0 Å². The van der Waals surface area contributed by atoms with E-state index >= 15 is 0 Å². The highest BCUT2D eigenvalue weighted by atomic mass is 35.5.